The SMILES string of the molecule is Nc1ccc(N2C[C@@H]3C[C@H]2CN3CCF)cc1. The standard InChI is InChI=1S/C13H18FN3/c14-5-6-16-8-13-7-12(16)9-17(13)11-3-1-10(15)2-4-11/h1-4,12-13H,5-9,15H2/t12-,13-/m0/s1. The molecule has 0 aliphatic carbocycles. The number of rotatable bonds is 3. The molecule has 2 N–H and O–H groups in total. The molecule has 92 valence electrons. The van der Waals surface area contributed by atoms with E-state index in [0.29, 0.717) is 18.6 Å². The third-order valence-corrected chi connectivity index (χ3v) is 3.95. The summed E-state index contributed by atoms with van der Waals surface area (Å²) in [5.41, 5.74) is 7.74. The smallest absolute Gasteiger partial charge is 0.102 e. The molecule has 2 aliphatic rings. The van der Waals surface area contributed by atoms with Gasteiger partial charge in [0.1, 0.15) is 6.67 Å². The molecule has 2 bridgehead atoms. The number of piperazine rings is 1. The summed E-state index contributed by atoms with van der Waals surface area (Å²) in [5, 5.41) is 0. The Bertz CT molecular complexity index is 392. The van der Waals surface area contributed by atoms with Gasteiger partial charge in [0.25, 0.3) is 0 Å². The Morgan fingerprint density at radius 1 is 1.18 bits per heavy atom. The maximum absolute atomic E-state index is 12.4. The van der Waals surface area contributed by atoms with Gasteiger partial charge in [0.05, 0.1) is 0 Å². The van der Waals surface area contributed by atoms with Crippen molar-refractivity contribution in [2.24, 2.45) is 0 Å². The zero-order valence-electron chi connectivity index (χ0n) is 9.85. The van der Waals surface area contributed by atoms with Crippen LogP contribution in [0.5, 0.6) is 0 Å². The van der Waals surface area contributed by atoms with E-state index in [1.807, 2.05) is 12.1 Å². The number of nitrogen functional groups attached to an aromatic ring is 1. The first-order valence-corrected chi connectivity index (χ1v) is 6.20. The predicted molar refractivity (Wildman–Crippen MR) is 67.9 cm³/mol. The van der Waals surface area contributed by atoms with Gasteiger partial charge in [0.15, 0.2) is 0 Å². The number of alkyl halides is 1. The van der Waals surface area contributed by atoms with Gasteiger partial charge in [-0.05, 0) is 30.7 Å². The van der Waals surface area contributed by atoms with Crippen molar-refractivity contribution in [1.82, 2.24) is 4.90 Å². The average molecular weight is 235 g/mol. The van der Waals surface area contributed by atoms with Crippen LogP contribution in [0.2, 0.25) is 0 Å². The zero-order valence-corrected chi connectivity index (χ0v) is 9.85. The number of hydrogen-bond donors (Lipinski definition) is 1. The van der Waals surface area contributed by atoms with Gasteiger partial charge in [-0.25, -0.2) is 4.39 Å². The van der Waals surface area contributed by atoms with E-state index in [9.17, 15) is 4.39 Å². The highest BCUT2D eigenvalue weighted by molar-refractivity contribution is 5.55. The van der Waals surface area contributed by atoms with E-state index in [1.165, 1.54) is 12.1 Å². The molecule has 0 amide bonds. The molecule has 4 heteroatoms. The van der Waals surface area contributed by atoms with E-state index >= 15 is 0 Å². The molecule has 0 saturated carbocycles. The van der Waals surface area contributed by atoms with E-state index < -0.39 is 0 Å². The fourth-order valence-corrected chi connectivity index (χ4v) is 3.11. The second kappa shape index (κ2) is 4.18. The maximum Gasteiger partial charge on any atom is 0.102 e. The number of hydrogen-bond acceptors (Lipinski definition) is 3. The first-order valence-electron chi connectivity index (χ1n) is 6.20. The quantitative estimate of drug-likeness (QED) is 0.806. The molecule has 0 radical (unpaired) electrons. The number of nitrogens with two attached hydrogens (primary N) is 1. The van der Waals surface area contributed by atoms with Crippen LogP contribution in [0.4, 0.5) is 15.8 Å². The summed E-state index contributed by atoms with van der Waals surface area (Å²) < 4.78 is 12.4. The molecule has 0 spiro atoms. The highest BCUT2D eigenvalue weighted by Gasteiger charge is 2.42. The third-order valence-electron chi connectivity index (χ3n) is 3.95. The summed E-state index contributed by atoms with van der Waals surface area (Å²) in [6, 6.07) is 9.13. The Kier molecular flexibility index (Phi) is 2.67. The highest BCUT2D eigenvalue weighted by Crippen LogP contribution is 2.34. The van der Waals surface area contributed by atoms with Gasteiger partial charge in [-0.15, -0.1) is 0 Å². The minimum atomic E-state index is -0.231. The lowest BCUT2D eigenvalue weighted by atomic mass is 10.2. The molecule has 1 aromatic carbocycles. The van der Waals surface area contributed by atoms with Gasteiger partial charge in [-0.2, -0.15) is 0 Å². The van der Waals surface area contributed by atoms with Crippen LogP contribution in [-0.4, -0.2) is 43.3 Å². The zero-order chi connectivity index (χ0) is 11.8. The van der Waals surface area contributed by atoms with E-state index in [1.54, 1.807) is 0 Å². The van der Waals surface area contributed by atoms with Crippen molar-refractivity contribution in [2.75, 3.05) is 36.9 Å². The lowest BCUT2D eigenvalue weighted by molar-refractivity contribution is 0.218. The Labute approximate surface area is 101 Å². The molecule has 0 unspecified atom stereocenters. The monoisotopic (exact) mass is 235 g/mol. The number of anilines is 2. The van der Waals surface area contributed by atoms with E-state index in [4.69, 9.17) is 5.73 Å². The molecule has 2 atom stereocenters. The fraction of sp³-hybridized carbons (Fsp3) is 0.538. The van der Waals surface area contributed by atoms with Crippen molar-refractivity contribution in [3.05, 3.63) is 24.3 Å². The Balaban J connectivity index is 1.71. The molecule has 3 rings (SSSR count). The number of nitrogens with zero attached hydrogens (tertiary/aromatic N) is 2. The minimum Gasteiger partial charge on any atom is -0.399 e. The van der Waals surface area contributed by atoms with Crippen LogP contribution in [-0.2, 0) is 0 Å². The van der Waals surface area contributed by atoms with E-state index in [0.717, 1.165) is 18.8 Å². The van der Waals surface area contributed by atoms with Crippen molar-refractivity contribution in [1.29, 1.82) is 0 Å². The van der Waals surface area contributed by atoms with E-state index in [2.05, 4.69) is 21.9 Å². The van der Waals surface area contributed by atoms with Crippen LogP contribution < -0.4 is 10.6 Å². The molecular weight excluding hydrogens is 217 g/mol. The van der Waals surface area contributed by atoms with Crippen molar-refractivity contribution in [3.63, 3.8) is 0 Å². The van der Waals surface area contributed by atoms with Gasteiger partial charge in [0, 0.05) is 43.1 Å². The van der Waals surface area contributed by atoms with Crippen molar-refractivity contribution in [3.8, 4) is 0 Å². The summed E-state index contributed by atoms with van der Waals surface area (Å²) in [4.78, 5) is 4.71. The molecule has 17 heavy (non-hydrogen) atoms. The number of benzene rings is 1. The lowest BCUT2D eigenvalue weighted by Crippen LogP contribution is -2.47. The molecule has 3 nitrogen and oxygen atoms in total. The summed E-state index contributed by atoms with van der Waals surface area (Å²) in [6.07, 6.45) is 1.17. The Hall–Kier alpha value is -1.29. The first-order chi connectivity index (χ1) is 8.28. The topological polar surface area (TPSA) is 32.5 Å². The average Bonchev–Trinajstić information content (AvgIpc) is 2.90. The van der Waals surface area contributed by atoms with Crippen LogP contribution in [0.3, 0.4) is 0 Å². The van der Waals surface area contributed by atoms with Gasteiger partial charge < -0.3 is 10.6 Å². The molecule has 2 fully saturated rings. The Morgan fingerprint density at radius 3 is 2.53 bits per heavy atom. The highest BCUT2D eigenvalue weighted by atomic mass is 19.1. The molecule has 1 aromatic rings. The summed E-state index contributed by atoms with van der Waals surface area (Å²) in [5.74, 6) is 0. The summed E-state index contributed by atoms with van der Waals surface area (Å²) >= 11 is 0. The van der Waals surface area contributed by atoms with Crippen LogP contribution in [0.1, 0.15) is 6.42 Å². The fourth-order valence-electron chi connectivity index (χ4n) is 3.11. The van der Waals surface area contributed by atoms with Gasteiger partial charge in [0.2, 0.25) is 0 Å². The molecule has 2 heterocycles. The van der Waals surface area contributed by atoms with Crippen LogP contribution in [0.15, 0.2) is 24.3 Å². The maximum atomic E-state index is 12.4. The normalized spacial score (nSPS) is 27.9. The van der Waals surface area contributed by atoms with Crippen LogP contribution >= 0.6 is 0 Å². The number of likely N-dealkylation sites (tertiary alicyclic amines) is 1. The Morgan fingerprint density at radius 2 is 1.94 bits per heavy atom. The van der Waals surface area contributed by atoms with Gasteiger partial charge in [-0.3, -0.25) is 4.90 Å². The van der Waals surface area contributed by atoms with Crippen LogP contribution in [0.25, 0.3) is 0 Å². The first kappa shape index (κ1) is 10.8. The second-order valence-electron chi connectivity index (χ2n) is 4.97. The molecule has 2 aliphatic heterocycles. The summed E-state index contributed by atoms with van der Waals surface area (Å²) in [7, 11) is 0. The third kappa shape index (κ3) is 1.86. The number of fused-ring (bicyclic) bond motifs is 2. The minimum absolute atomic E-state index is 0.231. The molecule has 0 aromatic heterocycles. The summed E-state index contributed by atoms with van der Waals surface area (Å²) in [6.45, 7) is 2.38. The van der Waals surface area contributed by atoms with Crippen molar-refractivity contribution in [2.45, 2.75) is 18.5 Å². The lowest BCUT2D eigenvalue weighted by Gasteiger charge is -2.35. The molecule has 2 saturated heterocycles. The van der Waals surface area contributed by atoms with Gasteiger partial charge in [-0.1, -0.05) is 0 Å². The molecular formula is C13H18FN3. The predicted octanol–water partition coefficient (Wildman–Crippen LogP) is 1.50. The van der Waals surface area contributed by atoms with Gasteiger partial charge >= 0.3 is 0 Å². The second-order valence-corrected chi connectivity index (χ2v) is 4.97. The largest absolute Gasteiger partial charge is 0.399 e. The van der Waals surface area contributed by atoms with Crippen molar-refractivity contribution >= 4 is 11.4 Å². The van der Waals surface area contributed by atoms with Crippen molar-refractivity contribution < 1.29 is 4.39 Å². The van der Waals surface area contributed by atoms with E-state index in [-0.39, 0.29) is 6.67 Å². The number of halogens is 1. The van der Waals surface area contributed by atoms with Crippen LogP contribution in [0, 0.1) is 0 Å².